The first-order valence-corrected chi connectivity index (χ1v) is 11.6. The summed E-state index contributed by atoms with van der Waals surface area (Å²) < 4.78 is 59.6. The van der Waals surface area contributed by atoms with Gasteiger partial charge >= 0.3 is 5.97 Å². The summed E-state index contributed by atoms with van der Waals surface area (Å²) in [6, 6.07) is 5.33. The lowest BCUT2D eigenvalue weighted by molar-refractivity contribution is 0.0733. The highest BCUT2D eigenvalue weighted by Gasteiger charge is 2.36. The van der Waals surface area contributed by atoms with E-state index >= 15 is 0 Å². The van der Waals surface area contributed by atoms with E-state index in [4.69, 9.17) is 4.74 Å². The van der Waals surface area contributed by atoms with Crippen LogP contribution in [0.15, 0.2) is 43.0 Å². The molecule has 2 fully saturated rings. The van der Waals surface area contributed by atoms with Crippen LogP contribution in [0.1, 0.15) is 73.2 Å². The van der Waals surface area contributed by atoms with Gasteiger partial charge in [0.15, 0.2) is 17.5 Å². The number of carbonyl (C=O) groups is 1. The number of halogens is 4. The molecule has 4 unspecified atom stereocenters. The number of fused-ring (bicyclic) bond motifs is 1. The molecule has 2 saturated carbocycles. The van der Waals surface area contributed by atoms with E-state index in [9.17, 15) is 22.4 Å². The average molecular weight is 461 g/mol. The van der Waals surface area contributed by atoms with Gasteiger partial charge in [-0.1, -0.05) is 18.6 Å². The second kappa shape index (κ2) is 10.1. The van der Waals surface area contributed by atoms with Crippen molar-refractivity contribution < 1.29 is 27.1 Å². The Morgan fingerprint density at radius 2 is 1.64 bits per heavy atom. The van der Waals surface area contributed by atoms with Gasteiger partial charge in [0.25, 0.3) is 0 Å². The maximum atomic E-state index is 15.0. The summed E-state index contributed by atoms with van der Waals surface area (Å²) in [6.07, 6.45) is 10.9. The monoisotopic (exact) mass is 460 g/mol. The number of benzene rings is 2. The normalized spacial score (nSPS) is 24.7. The third-order valence-electron chi connectivity index (χ3n) is 7.34. The van der Waals surface area contributed by atoms with Gasteiger partial charge in [-0.15, -0.1) is 6.58 Å². The Hall–Kier alpha value is -2.63. The molecule has 0 aliphatic heterocycles. The van der Waals surface area contributed by atoms with Crippen molar-refractivity contribution in [2.24, 2.45) is 17.8 Å². The predicted molar refractivity (Wildman–Crippen MR) is 118 cm³/mol. The molecule has 2 nitrogen and oxygen atoms in total. The molecule has 0 bridgehead atoms. The number of carbonyl (C=O) groups excluding carboxylic acids is 1. The smallest absolute Gasteiger partial charge is 0.343 e. The first kappa shape index (κ1) is 23.5. The van der Waals surface area contributed by atoms with Gasteiger partial charge in [-0.2, -0.15) is 0 Å². The molecule has 2 aromatic rings. The largest absolute Gasteiger partial charge is 0.423 e. The van der Waals surface area contributed by atoms with Crippen LogP contribution < -0.4 is 4.74 Å². The molecule has 4 atom stereocenters. The van der Waals surface area contributed by atoms with Crippen molar-refractivity contribution in [1.82, 2.24) is 0 Å². The van der Waals surface area contributed by atoms with Crippen LogP contribution in [0.4, 0.5) is 17.6 Å². The predicted octanol–water partition coefficient (Wildman–Crippen LogP) is 7.73. The molecule has 0 saturated heterocycles. The molecular weight excluding hydrogens is 432 g/mol. The van der Waals surface area contributed by atoms with E-state index in [1.54, 1.807) is 6.07 Å². The molecule has 176 valence electrons. The Balaban J connectivity index is 1.40. The highest BCUT2D eigenvalue weighted by atomic mass is 19.2. The quantitative estimate of drug-likeness (QED) is 0.145. The van der Waals surface area contributed by atoms with E-state index in [0.717, 1.165) is 37.7 Å². The van der Waals surface area contributed by atoms with E-state index in [-0.39, 0.29) is 11.5 Å². The Kier molecular flexibility index (Phi) is 7.20. The Bertz CT molecular complexity index is 1010. The van der Waals surface area contributed by atoms with Crippen molar-refractivity contribution in [2.45, 2.75) is 57.3 Å². The van der Waals surface area contributed by atoms with Crippen LogP contribution in [0.2, 0.25) is 0 Å². The van der Waals surface area contributed by atoms with Crippen molar-refractivity contribution in [1.29, 1.82) is 0 Å². The maximum Gasteiger partial charge on any atom is 0.343 e. The zero-order valence-electron chi connectivity index (χ0n) is 18.5. The molecule has 2 aromatic carbocycles. The summed E-state index contributed by atoms with van der Waals surface area (Å²) in [5, 5.41) is 0. The maximum absolute atomic E-state index is 15.0. The average Bonchev–Trinajstić information content (AvgIpc) is 2.80. The van der Waals surface area contributed by atoms with Gasteiger partial charge < -0.3 is 4.74 Å². The van der Waals surface area contributed by atoms with Crippen LogP contribution in [0.5, 0.6) is 5.75 Å². The topological polar surface area (TPSA) is 26.3 Å². The lowest BCUT2D eigenvalue weighted by Crippen LogP contribution is -2.30. The summed E-state index contributed by atoms with van der Waals surface area (Å²) in [7, 11) is 0. The highest BCUT2D eigenvalue weighted by molar-refractivity contribution is 5.91. The molecule has 0 N–H and O–H groups in total. The van der Waals surface area contributed by atoms with E-state index in [2.05, 4.69) is 6.58 Å². The minimum atomic E-state index is -1.65. The molecule has 6 heteroatoms. The third kappa shape index (κ3) is 5.31. The molecule has 0 radical (unpaired) electrons. The first-order chi connectivity index (χ1) is 15.9. The van der Waals surface area contributed by atoms with Crippen LogP contribution in [0.25, 0.3) is 0 Å². The van der Waals surface area contributed by atoms with Gasteiger partial charge in [0, 0.05) is 12.1 Å². The summed E-state index contributed by atoms with van der Waals surface area (Å²) in [4.78, 5) is 12.3. The zero-order chi connectivity index (χ0) is 23.5. The molecular formula is C27H28F4O2. The molecule has 0 aromatic heterocycles. The van der Waals surface area contributed by atoms with Crippen LogP contribution >= 0.6 is 0 Å². The van der Waals surface area contributed by atoms with Crippen molar-refractivity contribution in [3.05, 3.63) is 77.4 Å². The second-order valence-electron chi connectivity index (χ2n) is 9.40. The SMILES string of the molecule is C=CCCC1CCC2CC(c3ccc(C(=O)Oc4cc(F)c(F)c(F)c4)cc3F)CCC2C1. The van der Waals surface area contributed by atoms with E-state index in [0.29, 0.717) is 29.5 Å². The number of allylic oxidation sites excluding steroid dienone is 1. The van der Waals surface area contributed by atoms with Crippen molar-refractivity contribution in [3.63, 3.8) is 0 Å². The first-order valence-electron chi connectivity index (χ1n) is 11.6. The lowest BCUT2D eigenvalue weighted by atomic mass is 9.63. The Morgan fingerprint density at radius 1 is 0.939 bits per heavy atom. The summed E-state index contributed by atoms with van der Waals surface area (Å²) in [5.74, 6) is -4.32. The zero-order valence-corrected chi connectivity index (χ0v) is 18.5. The summed E-state index contributed by atoms with van der Waals surface area (Å²) in [5.41, 5.74) is 0.524. The lowest BCUT2D eigenvalue weighted by Gasteiger charge is -2.42. The fourth-order valence-corrected chi connectivity index (χ4v) is 5.63. The number of rotatable bonds is 6. The molecule has 4 rings (SSSR count). The Morgan fingerprint density at radius 3 is 2.33 bits per heavy atom. The van der Waals surface area contributed by atoms with Crippen molar-refractivity contribution in [2.75, 3.05) is 0 Å². The van der Waals surface area contributed by atoms with Crippen molar-refractivity contribution in [3.8, 4) is 5.75 Å². The third-order valence-corrected chi connectivity index (χ3v) is 7.34. The standard InChI is InChI=1S/C27H28F4O2/c1-2-3-4-16-5-6-18-12-19(8-7-17(18)11-16)22-10-9-20(13-23(22)28)27(32)33-21-14-24(29)26(31)25(30)15-21/h2,9-10,13-19H,1,3-8,11-12H2. The van der Waals surface area contributed by atoms with Gasteiger partial charge in [-0.05, 0) is 86.3 Å². The van der Waals surface area contributed by atoms with Crippen LogP contribution in [-0.2, 0) is 0 Å². The molecule has 0 spiro atoms. The molecule has 2 aliphatic carbocycles. The van der Waals surface area contributed by atoms with Crippen molar-refractivity contribution >= 4 is 5.97 Å². The van der Waals surface area contributed by atoms with Gasteiger partial charge in [0.05, 0.1) is 5.56 Å². The van der Waals surface area contributed by atoms with E-state index in [1.165, 1.54) is 31.7 Å². The number of ether oxygens (including phenoxy) is 1. The number of esters is 1. The molecule has 33 heavy (non-hydrogen) atoms. The van der Waals surface area contributed by atoms with Gasteiger partial charge in [-0.25, -0.2) is 22.4 Å². The molecule has 2 aliphatic rings. The van der Waals surface area contributed by atoms with E-state index in [1.807, 2.05) is 6.08 Å². The van der Waals surface area contributed by atoms with Gasteiger partial charge in [-0.3, -0.25) is 0 Å². The second-order valence-corrected chi connectivity index (χ2v) is 9.40. The number of hydrogen-bond acceptors (Lipinski definition) is 2. The van der Waals surface area contributed by atoms with Gasteiger partial charge in [0.2, 0.25) is 0 Å². The number of hydrogen-bond donors (Lipinski definition) is 0. The van der Waals surface area contributed by atoms with Gasteiger partial charge in [0.1, 0.15) is 11.6 Å². The summed E-state index contributed by atoms with van der Waals surface area (Å²) in [6.45, 7) is 3.82. The highest BCUT2D eigenvalue weighted by Crippen LogP contribution is 2.48. The molecule has 0 heterocycles. The Labute approximate surface area is 191 Å². The minimum Gasteiger partial charge on any atom is -0.423 e. The minimum absolute atomic E-state index is 0.0715. The fourth-order valence-electron chi connectivity index (χ4n) is 5.63. The van der Waals surface area contributed by atoms with Crippen LogP contribution in [0, 0.1) is 41.0 Å². The van der Waals surface area contributed by atoms with E-state index < -0.39 is 35.0 Å². The van der Waals surface area contributed by atoms with Crippen LogP contribution in [0.3, 0.4) is 0 Å². The molecule has 0 amide bonds. The fraction of sp³-hybridized carbons (Fsp3) is 0.444. The van der Waals surface area contributed by atoms with Crippen LogP contribution in [-0.4, -0.2) is 5.97 Å². The summed E-state index contributed by atoms with van der Waals surface area (Å²) >= 11 is 0.